The highest BCUT2D eigenvalue weighted by Crippen LogP contribution is 2.15. The summed E-state index contributed by atoms with van der Waals surface area (Å²) in [6.45, 7) is 4.75. The molecule has 0 aromatic rings. The Morgan fingerprint density at radius 1 is 1.55 bits per heavy atom. The van der Waals surface area contributed by atoms with Crippen LogP contribution in [-0.4, -0.2) is 18.0 Å². The van der Waals surface area contributed by atoms with Crippen LogP contribution in [0.5, 0.6) is 0 Å². The molecule has 0 saturated carbocycles. The largest absolute Gasteiger partial charge is 0.330 e. The Morgan fingerprint density at radius 2 is 2.27 bits per heavy atom. The van der Waals surface area contributed by atoms with Crippen molar-refractivity contribution in [2.45, 2.75) is 33.1 Å². The maximum atomic E-state index is 5.37. The minimum Gasteiger partial charge on any atom is -0.330 e. The molecule has 0 fully saturated rings. The van der Waals surface area contributed by atoms with Gasteiger partial charge in [-0.15, -0.1) is 0 Å². The molecule has 1 rings (SSSR count). The van der Waals surface area contributed by atoms with Gasteiger partial charge in [0.15, 0.2) is 0 Å². The summed E-state index contributed by atoms with van der Waals surface area (Å²) < 4.78 is 4.27. The third kappa shape index (κ3) is 5.27. The standard InChI is InChI=1S/C6H12N2S.C2H6/c7-4-3-6-2-1-5-9-8-6;1-2/h1-5,7H2;1-2H3. The summed E-state index contributed by atoms with van der Waals surface area (Å²) in [6, 6.07) is 0. The molecular weight excluding hydrogens is 156 g/mol. The van der Waals surface area contributed by atoms with Crippen molar-refractivity contribution in [2.24, 2.45) is 10.1 Å². The van der Waals surface area contributed by atoms with E-state index in [0.29, 0.717) is 0 Å². The Bertz CT molecular complexity index is 113. The summed E-state index contributed by atoms with van der Waals surface area (Å²) in [7, 11) is 0. The lowest BCUT2D eigenvalue weighted by Crippen LogP contribution is -2.09. The highest BCUT2D eigenvalue weighted by Gasteiger charge is 2.03. The molecule has 0 bridgehead atoms. The van der Waals surface area contributed by atoms with E-state index in [0.717, 1.165) is 13.0 Å². The molecule has 0 atom stereocenters. The lowest BCUT2D eigenvalue weighted by molar-refractivity contribution is 0.937. The SMILES string of the molecule is CC.NCCC1=NSCCC1. The van der Waals surface area contributed by atoms with Crippen LogP contribution < -0.4 is 5.73 Å². The van der Waals surface area contributed by atoms with Crippen molar-refractivity contribution in [3.05, 3.63) is 0 Å². The molecule has 0 amide bonds. The minimum absolute atomic E-state index is 0.749. The second-order valence-corrected chi connectivity index (χ2v) is 2.98. The molecule has 1 aliphatic heterocycles. The van der Waals surface area contributed by atoms with Gasteiger partial charge >= 0.3 is 0 Å². The predicted octanol–water partition coefficient (Wildman–Crippen LogP) is 2.24. The summed E-state index contributed by atoms with van der Waals surface area (Å²) in [5, 5.41) is 0. The highest BCUT2D eigenvalue weighted by atomic mass is 32.2. The summed E-state index contributed by atoms with van der Waals surface area (Å²) in [6.07, 6.45) is 3.45. The van der Waals surface area contributed by atoms with Gasteiger partial charge in [0, 0.05) is 11.5 Å². The fourth-order valence-electron chi connectivity index (χ4n) is 0.861. The summed E-state index contributed by atoms with van der Waals surface area (Å²) in [5.74, 6) is 1.19. The molecule has 0 unspecified atom stereocenters. The van der Waals surface area contributed by atoms with E-state index in [1.54, 1.807) is 11.9 Å². The third-order valence-corrected chi connectivity index (χ3v) is 2.19. The van der Waals surface area contributed by atoms with Gasteiger partial charge in [-0.05, 0) is 37.8 Å². The van der Waals surface area contributed by atoms with Crippen molar-refractivity contribution in [3.63, 3.8) is 0 Å². The van der Waals surface area contributed by atoms with Crippen molar-refractivity contribution in [1.82, 2.24) is 0 Å². The molecule has 1 aliphatic rings. The van der Waals surface area contributed by atoms with Gasteiger partial charge in [-0.3, -0.25) is 0 Å². The highest BCUT2D eigenvalue weighted by molar-refractivity contribution is 7.98. The van der Waals surface area contributed by atoms with Crippen LogP contribution >= 0.6 is 11.9 Å². The quantitative estimate of drug-likeness (QED) is 0.652. The topological polar surface area (TPSA) is 38.4 Å². The first kappa shape index (κ1) is 11.0. The Kier molecular flexibility index (Phi) is 8.07. The maximum Gasteiger partial charge on any atom is 0.0275 e. The molecule has 0 aromatic carbocycles. The maximum absolute atomic E-state index is 5.37. The zero-order valence-corrected chi connectivity index (χ0v) is 8.28. The number of nitrogens with two attached hydrogens (primary N) is 1. The zero-order valence-electron chi connectivity index (χ0n) is 7.47. The van der Waals surface area contributed by atoms with Crippen LogP contribution in [0.2, 0.25) is 0 Å². The molecule has 0 aliphatic carbocycles. The van der Waals surface area contributed by atoms with Crippen molar-refractivity contribution in [1.29, 1.82) is 0 Å². The van der Waals surface area contributed by atoms with Crippen molar-refractivity contribution >= 4 is 17.7 Å². The van der Waals surface area contributed by atoms with Crippen molar-refractivity contribution in [3.8, 4) is 0 Å². The van der Waals surface area contributed by atoms with Crippen LogP contribution in [0.1, 0.15) is 33.1 Å². The Balaban J connectivity index is 0.000000461. The number of rotatable bonds is 2. The Morgan fingerprint density at radius 3 is 2.73 bits per heavy atom. The van der Waals surface area contributed by atoms with Gasteiger partial charge in [0.05, 0.1) is 0 Å². The first-order valence-electron chi connectivity index (χ1n) is 4.31. The number of nitrogens with zero attached hydrogens (tertiary/aromatic N) is 1. The minimum atomic E-state index is 0.749. The molecule has 0 radical (unpaired) electrons. The van der Waals surface area contributed by atoms with E-state index in [9.17, 15) is 0 Å². The Labute approximate surface area is 73.8 Å². The van der Waals surface area contributed by atoms with Crippen LogP contribution in [0.25, 0.3) is 0 Å². The predicted molar refractivity (Wildman–Crippen MR) is 54.1 cm³/mol. The van der Waals surface area contributed by atoms with Crippen LogP contribution in [0.4, 0.5) is 0 Å². The molecule has 66 valence electrons. The fourth-order valence-corrected chi connectivity index (χ4v) is 1.59. The van der Waals surface area contributed by atoms with Crippen molar-refractivity contribution in [2.75, 3.05) is 12.3 Å². The molecule has 1 heterocycles. The molecule has 11 heavy (non-hydrogen) atoms. The van der Waals surface area contributed by atoms with Crippen molar-refractivity contribution < 1.29 is 0 Å². The van der Waals surface area contributed by atoms with E-state index >= 15 is 0 Å². The van der Waals surface area contributed by atoms with Crippen LogP contribution in [-0.2, 0) is 0 Å². The third-order valence-electron chi connectivity index (χ3n) is 1.33. The zero-order chi connectivity index (χ0) is 8.53. The normalized spacial score (nSPS) is 16.5. The van der Waals surface area contributed by atoms with Gasteiger partial charge in [-0.1, -0.05) is 13.8 Å². The summed E-state index contributed by atoms with van der Waals surface area (Å²) in [4.78, 5) is 0. The van der Waals surface area contributed by atoms with Gasteiger partial charge in [0.1, 0.15) is 0 Å². The average Bonchev–Trinajstić information content (AvgIpc) is 2.11. The molecule has 2 N–H and O–H groups in total. The van der Waals surface area contributed by atoms with E-state index in [1.165, 1.54) is 24.3 Å². The number of hydrogen-bond acceptors (Lipinski definition) is 3. The second kappa shape index (κ2) is 8.08. The van der Waals surface area contributed by atoms with E-state index in [2.05, 4.69) is 4.40 Å². The summed E-state index contributed by atoms with van der Waals surface area (Å²) >= 11 is 1.68. The smallest absolute Gasteiger partial charge is 0.0275 e. The molecule has 0 saturated heterocycles. The second-order valence-electron chi connectivity index (χ2n) is 2.13. The molecule has 3 heteroatoms. The van der Waals surface area contributed by atoms with Gasteiger partial charge in [-0.25, -0.2) is 4.40 Å². The molecular formula is C8H18N2S. The van der Waals surface area contributed by atoms with Gasteiger partial charge in [-0.2, -0.15) is 0 Å². The molecule has 2 nitrogen and oxygen atoms in total. The average molecular weight is 174 g/mol. The van der Waals surface area contributed by atoms with Crippen LogP contribution in [0, 0.1) is 0 Å². The lowest BCUT2D eigenvalue weighted by atomic mass is 10.2. The molecule has 0 aromatic heterocycles. The van der Waals surface area contributed by atoms with E-state index in [1.807, 2.05) is 13.8 Å². The van der Waals surface area contributed by atoms with Gasteiger partial charge in [0.2, 0.25) is 0 Å². The first-order valence-corrected chi connectivity index (χ1v) is 5.25. The number of hydrogen-bond donors (Lipinski definition) is 1. The fraction of sp³-hybridized carbons (Fsp3) is 0.875. The van der Waals surface area contributed by atoms with E-state index < -0.39 is 0 Å². The van der Waals surface area contributed by atoms with Gasteiger partial charge < -0.3 is 5.73 Å². The van der Waals surface area contributed by atoms with E-state index in [-0.39, 0.29) is 0 Å². The first-order chi connectivity index (χ1) is 5.43. The van der Waals surface area contributed by atoms with Crippen LogP contribution in [0.3, 0.4) is 0 Å². The van der Waals surface area contributed by atoms with E-state index in [4.69, 9.17) is 5.73 Å². The Hall–Kier alpha value is -0.0200. The monoisotopic (exact) mass is 174 g/mol. The van der Waals surface area contributed by atoms with Gasteiger partial charge in [0.25, 0.3) is 0 Å². The summed E-state index contributed by atoms with van der Waals surface area (Å²) in [5.41, 5.74) is 6.67. The lowest BCUT2D eigenvalue weighted by Gasteiger charge is -2.08. The van der Waals surface area contributed by atoms with Crippen LogP contribution in [0.15, 0.2) is 4.40 Å². The molecule has 0 spiro atoms.